The molecule has 1 aromatic rings. The fraction of sp³-hybridized carbons (Fsp3) is 0.588. The van der Waals surface area contributed by atoms with Gasteiger partial charge in [0.2, 0.25) is 0 Å². The SMILES string of the molecule is Cc1c(N)cc(Br)cc1C(=O)NCCC1CCCC(C)C1. The lowest BCUT2D eigenvalue weighted by Crippen LogP contribution is -2.27. The Morgan fingerprint density at radius 2 is 2.19 bits per heavy atom. The van der Waals surface area contributed by atoms with Crippen molar-refractivity contribution in [3.63, 3.8) is 0 Å². The predicted octanol–water partition coefficient (Wildman–Crippen LogP) is 4.29. The first kappa shape index (κ1) is 16.3. The highest BCUT2D eigenvalue weighted by molar-refractivity contribution is 9.10. The summed E-state index contributed by atoms with van der Waals surface area (Å²) in [6.45, 7) is 4.97. The van der Waals surface area contributed by atoms with Crippen LogP contribution in [0, 0.1) is 18.8 Å². The van der Waals surface area contributed by atoms with Crippen LogP contribution in [0.2, 0.25) is 0 Å². The third kappa shape index (κ3) is 4.47. The number of carbonyl (C=O) groups excluding carboxylic acids is 1. The molecule has 1 saturated carbocycles. The molecule has 2 atom stereocenters. The third-order valence-electron chi connectivity index (χ3n) is 4.54. The van der Waals surface area contributed by atoms with Crippen molar-refractivity contribution in [2.45, 2.75) is 46.0 Å². The second-order valence-electron chi connectivity index (χ2n) is 6.35. The van der Waals surface area contributed by atoms with E-state index in [4.69, 9.17) is 5.73 Å². The normalized spacial score (nSPS) is 22.0. The molecule has 0 bridgehead atoms. The first-order valence-corrected chi connectivity index (χ1v) is 8.60. The number of rotatable bonds is 4. The van der Waals surface area contributed by atoms with Crippen molar-refractivity contribution in [2.24, 2.45) is 11.8 Å². The van der Waals surface area contributed by atoms with E-state index in [0.717, 1.165) is 34.8 Å². The number of nitrogens with two attached hydrogens (primary N) is 1. The van der Waals surface area contributed by atoms with Gasteiger partial charge >= 0.3 is 0 Å². The first-order valence-electron chi connectivity index (χ1n) is 7.81. The van der Waals surface area contributed by atoms with Crippen LogP contribution in [0.1, 0.15) is 54.9 Å². The van der Waals surface area contributed by atoms with E-state index in [1.807, 2.05) is 19.1 Å². The van der Waals surface area contributed by atoms with Crippen LogP contribution in [0.4, 0.5) is 5.69 Å². The summed E-state index contributed by atoms with van der Waals surface area (Å²) in [5.74, 6) is 1.58. The molecule has 1 aromatic carbocycles. The predicted molar refractivity (Wildman–Crippen MR) is 91.4 cm³/mol. The summed E-state index contributed by atoms with van der Waals surface area (Å²) in [4.78, 5) is 12.3. The number of hydrogen-bond donors (Lipinski definition) is 2. The molecule has 2 unspecified atom stereocenters. The van der Waals surface area contributed by atoms with Crippen LogP contribution >= 0.6 is 15.9 Å². The minimum absolute atomic E-state index is 0.0237. The largest absolute Gasteiger partial charge is 0.398 e. The molecular formula is C17H25BrN2O. The molecule has 2 rings (SSSR count). The molecule has 0 aromatic heterocycles. The quantitative estimate of drug-likeness (QED) is 0.794. The van der Waals surface area contributed by atoms with Gasteiger partial charge in [-0.25, -0.2) is 0 Å². The Bertz CT molecular complexity index is 516. The van der Waals surface area contributed by atoms with E-state index in [-0.39, 0.29) is 5.91 Å². The van der Waals surface area contributed by atoms with Gasteiger partial charge in [-0.2, -0.15) is 0 Å². The van der Waals surface area contributed by atoms with Crippen molar-refractivity contribution in [3.05, 3.63) is 27.7 Å². The van der Waals surface area contributed by atoms with Gasteiger partial charge in [-0.05, 0) is 49.3 Å². The van der Waals surface area contributed by atoms with Gasteiger partial charge in [0.15, 0.2) is 0 Å². The summed E-state index contributed by atoms with van der Waals surface area (Å²) in [5, 5.41) is 3.04. The highest BCUT2D eigenvalue weighted by Crippen LogP contribution is 2.30. The molecule has 0 radical (unpaired) electrons. The summed E-state index contributed by atoms with van der Waals surface area (Å²) in [6, 6.07) is 3.67. The van der Waals surface area contributed by atoms with Gasteiger partial charge in [-0.1, -0.05) is 42.1 Å². The highest BCUT2D eigenvalue weighted by atomic mass is 79.9. The standard InChI is InChI=1S/C17H25BrN2O/c1-11-4-3-5-13(8-11)6-7-20-17(21)15-9-14(18)10-16(19)12(15)2/h9-11,13H,3-8,19H2,1-2H3,(H,20,21). The molecule has 3 N–H and O–H groups in total. The van der Waals surface area contributed by atoms with Crippen LogP contribution in [0.25, 0.3) is 0 Å². The third-order valence-corrected chi connectivity index (χ3v) is 5.00. The Kier molecular flexibility index (Phi) is 5.68. The minimum Gasteiger partial charge on any atom is -0.398 e. The van der Waals surface area contributed by atoms with Gasteiger partial charge in [0, 0.05) is 22.3 Å². The number of anilines is 1. The number of halogens is 1. The van der Waals surface area contributed by atoms with Gasteiger partial charge in [0.25, 0.3) is 5.91 Å². The molecule has 3 nitrogen and oxygen atoms in total. The topological polar surface area (TPSA) is 55.1 Å². The number of nitrogens with one attached hydrogen (secondary N) is 1. The summed E-state index contributed by atoms with van der Waals surface area (Å²) >= 11 is 3.39. The molecule has 4 heteroatoms. The fourth-order valence-corrected chi connectivity index (χ4v) is 3.72. The number of hydrogen-bond acceptors (Lipinski definition) is 2. The summed E-state index contributed by atoms with van der Waals surface area (Å²) in [7, 11) is 0. The van der Waals surface area contributed by atoms with E-state index in [9.17, 15) is 4.79 Å². The molecule has 1 amide bonds. The number of amides is 1. The minimum atomic E-state index is -0.0237. The first-order chi connectivity index (χ1) is 9.97. The molecule has 0 heterocycles. The molecule has 0 spiro atoms. The van der Waals surface area contributed by atoms with Gasteiger partial charge in [0.1, 0.15) is 0 Å². The van der Waals surface area contributed by atoms with Crippen molar-refractivity contribution in [1.29, 1.82) is 0 Å². The molecule has 0 saturated heterocycles. The number of carbonyl (C=O) groups is 1. The zero-order valence-corrected chi connectivity index (χ0v) is 14.5. The van der Waals surface area contributed by atoms with Crippen LogP contribution in [0.3, 0.4) is 0 Å². The highest BCUT2D eigenvalue weighted by Gasteiger charge is 2.19. The Balaban J connectivity index is 1.87. The summed E-state index contributed by atoms with van der Waals surface area (Å²) in [6.07, 6.45) is 6.39. The average Bonchev–Trinajstić information content (AvgIpc) is 2.42. The van der Waals surface area contributed by atoms with E-state index in [2.05, 4.69) is 28.2 Å². The van der Waals surface area contributed by atoms with E-state index < -0.39 is 0 Å². The Hall–Kier alpha value is -1.03. The van der Waals surface area contributed by atoms with Crippen molar-refractivity contribution in [2.75, 3.05) is 12.3 Å². The fourth-order valence-electron chi connectivity index (χ4n) is 3.24. The van der Waals surface area contributed by atoms with E-state index in [1.54, 1.807) is 0 Å². The zero-order valence-electron chi connectivity index (χ0n) is 12.9. The maximum Gasteiger partial charge on any atom is 0.251 e. The van der Waals surface area contributed by atoms with E-state index >= 15 is 0 Å². The lowest BCUT2D eigenvalue weighted by molar-refractivity contribution is 0.0949. The van der Waals surface area contributed by atoms with Crippen molar-refractivity contribution < 1.29 is 4.79 Å². The monoisotopic (exact) mass is 352 g/mol. The van der Waals surface area contributed by atoms with Crippen LogP contribution < -0.4 is 11.1 Å². The Morgan fingerprint density at radius 1 is 1.43 bits per heavy atom. The lowest BCUT2D eigenvalue weighted by Gasteiger charge is -2.26. The average molecular weight is 353 g/mol. The van der Waals surface area contributed by atoms with Crippen molar-refractivity contribution in [3.8, 4) is 0 Å². The molecule has 1 fully saturated rings. The zero-order chi connectivity index (χ0) is 15.4. The van der Waals surface area contributed by atoms with Gasteiger partial charge in [-0.3, -0.25) is 4.79 Å². The molecule has 0 aliphatic heterocycles. The van der Waals surface area contributed by atoms with Gasteiger partial charge in [-0.15, -0.1) is 0 Å². The number of nitrogen functional groups attached to an aromatic ring is 1. The molecule has 21 heavy (non-hydrogen) atoms. The smallest absolute Gasteiger partial charge is 0.251 e. The Labute approximate surface area is 135 Å². The van der Waals surface area contributed by atoms with E-state index in [0.29, 0.717) is 11.3 Å². The maximum atomic E-state index is 12.3. The van der Waals surface area contributed by atoms with Gasteiger partial charge < -0.3 is 11.1 Å². The van der Waals surface area contributed by atoms with Crippen LogP contribution in [0.5, 0.6) is 0 Å². The summed E-state index contributed by atoms with van der Waals surface area (Å²) < 4.78 is 0.844. The second kappa shape index (κ2) is 7.30. The van der Waals surface area contributed by atoms with Crippen LogP contribution in [0.15, 0.2) is 16.6 Å². The molecule has 116 valence electrons. The van der Waals surface area contributed by atoms with Crippen molar-refractivity contribution in [1.82, 2.24) is 5.32 Å². The molecule has 1 aliphatic carbocycles. The van der Waals surface area contributed by atoms with E-state index in [1.165, 1.54) is 25.7 Å². The molecule has 1 aliphatic rings. The summed E-state index contributed by atoms with van der Waals surface area (Å²) in [5.41, 5.74) is 8.07. The Morgan fingerprint density at radius 3 is 2.90 bits per heavy atom. The van der Waals surface area contributed by atoms with Gasteiger partial charge in [0.05, 0.1) is 0 Å². The van der Waals surface area contributed by atoms with Crippen LogP contribution in [-0.2, 0) is 0 Å². The number of benzene rings is 1. The molecular weight excluding hydrogens is 328 g/mol. The lowest BCUT2D eigenvalue weighted by atomic mass is 9.81. The second-order valence-corrected chi connectivity index (χ2v) is 7.27. The van der Waals surface area contributed by atoms with Crippen LogP contribution in [-0.4, -0.2) is 12.5 Å². The maximum absolute atomic E-state index is 12.3. The van der Waals surface area contributed by atoms with Crippen molar-refractivity contribution >= 4 is 27.5 Å².